The van der Waals surface area contributed by atoms with Crippen molar-refractivity contribution < 1.29 is 7.33 Å². The van der Waals surface area contributed by atoms with Crippen molar-refractivity contribution in [3.63, 3.8) is 0 Å². The standard InChI is InChI=1S/C10H23O2PS2.Sb/c1-3-5-7-9-12-13(11,14)15-10-8-6-4-2;/h3-10H2,1-2H3,(H,11,14);/q;+1/p-1. The van der Waals surface area contributed by atoms with Crippen LogP contribution in [0.3, 0.4) is 0 Å². The van der Waals surface area contributed by atoms with Crippen molar-refractivity contribution in [1.29, 1.82) is 0 Å². The van der Waals surface area contributed by atoms with Crippen LogP contribution in [0.2, 0.25) is 0 Å². The molecule has 16 heavy (non-hydrogen) atoms. The fourth-order valence-electron chi connectivity index (χ4n) is 1.14. The van der Waals surface area contributed by atoms with E-state index >= 15 is 0 Å². The molecule has 1 atom stereocenters. The van der Waals surface area contributed by atoms with E-state index in [1.807, 2.05) is 0 Å². The van der Waals surface area contributed by atoms with Gasteiger partial charge in [0.05, 0.1) is 0 Å². The van der Waals surface area contributed by atoms with E-state index in [1.165, 1.54) is 55.5 Å². The molecule has 0 aromatic rings. The van der Waals surface area contributed by atoms with E-state index in [1.54, 1.807) is 11.4 Å². The summed E-state index contributed by atoms with van der Waals surface area (Å²) in [4.78, 5) is 0. The van der Waals surface area contributed by atoms with Crippen LogP contribution in [0.4, 0.5) is 0 Å². The van der Waals surface area contributed by atoms with Crippen LogP contribution < -0.4 is 0 Å². The molecule has 2 nitrogen and oxygen atoms in total. The molecule has 0 aliphatic heterocycles. The van der Waals surface area contributed by atoms with E-state index in [-0.39, 0.29) is 0 Å². The zero-order chi connectivity index (χ0) is 12.3. The Morgan fingerprint density at radius 2 is 1.75 bits per heavy atom. The van der Waals surface area contributed by atoms with Gasteiger partial charge in [0, 0.05) is 0 Å². The van der Waals surface area contributed by atoms with Gasteiger partial charge in [-0.05, 0) is 0 Å². The molecule has 0 saturated carbocycles. The van der Waals surface area contributed by atoms with Gasteiger partial charge in [-0.3, -0.25) is 0 Å². The van der Waals surface area contributed by atoms with E-state index in [4.69, 9.17) is 19.1 Å². The van der Waals surface area contributed by atoms with Crippen LogP contribution in [0, 0.1) is 0 Å². The predicted octanol–water partition coefficient (Wildman–Crippen LogP) is 4.44. The third-order valence-corrected chi connectivity index (χ3v) is 11.1. The fourth-order valence-corrected chi connectivity index (χ4v) is 6.38. The number of unbranched alkanes of at least 4 members (excludes halogenated alkanes) is 4. The van der Waals surface area contributed by atoms with Crippen molar-refractivity contribution in [2.24, 2.45) is 0 Å². The summed E-state index contributed by atoms with van der Waals surface area (Å²) in [6, 6.07) is 0. The van der Waals surface area contributed by atoms with Crippen LogP contribution in [0.25, 0.3) is 0 Å². The Morgan fingerprint density at radius 3 is 2.31 bits per heavy atom. The third-order valence-electron chi connectivity index (χ3n) is 2.09. The second-order valence-electron chi connectivity index (χ2n) is 3.61. The van der Waals surface area contributed by atoms with Gasteiger partial charge in [0.15, 0.2) is 0 Å². The van der Waals surface area contributed by atoms with Crippen LogP contribution in [0.5, 0.6) is 0 Å². The van der Waals surface area contributed by atoms with Crippen molar-refractivity contribution in [2.45, 2.75) is 52.4 Å². The quantitative estimate of drug-likeness (QED) is 0.294. The Labute approximate surface area is 124 Å². The van der Waals surface area contributed by atoms with Crippen molar-refractivity contribution in [3.05, 3.63) is 0 Å². The molecule has 0 spiro atoms. The molecule has 2 radical (unpaired) electrons. The van der Waals surface area contributed by atoms with Gasteiger partial charge in [0.25, 0.3) is 0 Å². The normalized spacial score (nSPS) is 14.9. The van der Waals surface area contributed by atoms with E-state index in [0.717, 1.165) is 18.8 Å². The molecule has 0 aromatic heterocycles. The molecular formula is C10H22O2PS2Sb. The summed E-state index contributed by atoms with van der Waals surface area (Å²) >= 11 is 8.48. The van der Waals surface area contributed by atoms with Gasteiger partial charge in [-0.1, -0.05) is 0 Å². The van der Waals surface area contributed by atoms with Gasteiger partial charge >= 0.3 is 124 Å². The molecule has 0 aliphatic rings. The van der Waals surface area contributed by atoms with Crippen LogP contribution >= 0.6 is 17.1 Å². The van der Waals surface area contributed by atoms with Crippen molar-refractivity contribution >= 4 is 52.3 Å². The first-order valence-electron chi connectivity index (χ1n) is 5.90. The first-order valence-corrected chi connectivity index (χ1v) is 11.2. The molecule has 0 amide bonds. The summed E-state index contributed by atoms with van der Waals surface area (Å²) in [7, 11) is 0. The second kappa shape index (κ2) is 11.8. The van der Waals surface area contributed by atoms with Gasteiger partial charge in [-0.15, -0.1) is 0 Å². The zero-order valence-electron chi connectivity index (χ0n) is 10.2. The zero-order valence-corrected chi connectivity index (χ0v) is 15.3. The summed E-state index contributed by atoms with van der Waals surface area (Å²) in [6.07, 6.45) is 7.25. The minimum atomic E-state index is -2.01. The summed E-state index contributed by atoms with van der Waals surface area (Å²) in [6.45, 7) is 5.16. The van der Waals surface area contributed by atoms with Crippen LogP contribution in [0.1, 0.15) is 52.4 Å². The molecule has 1 unspecified atom stereocenters. The predicted molar refractivity (Wildman–Crippen MR) is 78.6 cm³/mol. The Hall–Kier alpha value is 1.74. The average Bonchev–Trinajstić information content (AvgIpc) is 2.31. The molecule has 96 valence electrons. The van der Waals surface area contributed by atoms with Crippen LogP contribution in [0.15, 0.2) is 0 Å². The third kappa shape index (κ3) is 9.74. The Bertz CT molecular complexity index is 189. The minimum absolute atomic E-state index is 0.758. The van der Waals surface area contributed by atoms with Crippen LogP contribution in [-0.2, 0) is 19.1 Å². The van der Waals surface area contributed by atoms with Crippen molar-refractivity contribution in [1.82, 2.24) is 0 Å². The Morgan fingerprint density at radius 1 is 1.12 bits per heavy atom. The number of hydrogen-bond donors (Lipinski definition) is 0. The Balaban J connectivity index is 3.69. The first-order chi connectivity index (χ1) is 7.68. The second-order valence-corrected chi connectivity index (χ2v) is 11.3. The average molecular weight is 391 g/mol. The maximum atomic E-state index is 5.74. The molecule has 0 fully saturated rings. The first kappa shape index (κ1) is 17.7. The van der Waals surface area contributed by atoms with Gasteiger partial charge in [0.1, 0.15) is 0 Å². The summed E-state index contributed by atoms with van der Waals surface area (Å²) in [5, 5.41) is 0. The van der Waals surface area contributed by atoms with E-state index in [0.29, 0.717) is 0 Å². The van der Waals surface area contributed by atoms with Gasteiger partial charge in [0.2, 0.25) is 0 Å². The molecule has 0 saturated heterocycles. The molecule has 0 heterocycles. The van der Waals surface area contributed by atoms with Crippen LogP contribution in [-0.4, -0.2) is 35.8 Å². The van der Waals surface area contributed by atoms with Gasteiger partial charge < -0.3 is 0 Å². The summed E-state index contributed by atoms with van der Waals surface area (Å²) in [5.41, 5.74) is -2.01. The summed E-state index contributed by atoms with van der Waals surface area (Å²) in [5.74, 6) is 1.07. The molecule has 0 aliphatic carbocycles. The molecule has 0 bridgehead atoms. The maximum absolute atomic E-state index is 5.74. The molecule has 0 rings (SSSR count). The number of hydrogen-bond acceptors (Lipinski definition) is 4. The molecule has 0 aromatic carbocycles. The molecule has 6 heteroatoms. The fraction of sp³-hybridized carbons (Fsp3) is 1.00. The van der Waals surface area contributed by atoms with E-state index in [2.05, 4.69) is 13.8 Å². The van der Waals surface area contributed by atoms with E-state index < -0.39 is 5.69 Å². The van der Waals surface area contributed by atoms with E-state index in [9.17, 15) is 0 Å². The monoisotopic (exact) mass is 390 g/mol. The SMILES string of the molecule is CCCCCOP(=S)([O][Sb])SCCCCC. The molecule has 0 N–H and O–H groups in total. The topological polar surface area (TPSA) is 18.5 Å². The summed E-state index contributed by atoms with van der Waals surface area (Å²) < 4.78 is 11.2. The van der Waals surface area contributed by atoms with Gasteiger partial charge in [-0.25, -0.2) is 0 Å². The van der Waals surface area contributed by atoms with Crippen molar-refractivity contribution in [2.75, 3.05) is 12.4 Å². The van der Waals surface area contributed by atoms with Crippen molar-refractivity contribution in [3.8, 4) is 0 Å². The number of rotatable bonds is 11. The molecular weight excluding hydrogens is 369 g/mol. The Kier molecular flexibility index (Phi) is 13.1. The van der Waals surface area contributed by atoms with Gasteiger partial charge in [-0.2, -0.15) is 0 Å².